The van der Waals surface area contributed by atoms with Crippen LogP contribution in [0.4, 0.5) is 10.5 Å². The minimum Gasteiger partial charge on any atom is -0.336 e. The summed E-state index contributed by atoms with van der Waals surface area (Å²) in [6, 6.07) is 7.91. The lowest BCUT2D eigenvalue weighted by molar-refractivity contribution is -0.122. The van der Waals surface area contributed by atoms with E-state index in [4.69, 9.17) is 0 Å². The lowest BCUT2D eigenvalue weighted by Crippen LogP contribution is -2.45. The Bertz CT molecular complexity index is 599. The van der Waals surface area contributed by atoms with Crippen LogP contribution in [0.5, 0.6) is 0 Å². The van der Waals surface area contributed by atoms with Gasteiger partial charge in [-0.15, -0.1) is 0 Å². The maximum atomic E-state index is 12.7. The number of amides is 3. The van der Waals surface area contributed by atoms with Crippen LogP contribution in [-0.2, 0) is 10.2 Å². The fourth-order valence-corrected chi connectivity index (χ4v) is 3.43. The average Bonchev–Trinajstić information content (AvgIpc) is 2.98. The molecule has 2 heterocycles. The minimum absolute atomic E-state index is 0.0818. The van der Waals surface area contributed by atoms with E-state index in [0.717, 1.165) is 11.3 Å². The van der Waals surface area contributed by atoms with Gasteiger partial charge in [0, 0.05) is 31.9 Å². The zero-order valence-corrected chi connectivity index (χ0v) is 12.7. The van der Waals surface area contributed by atoms with Crippen molar-refractivity contribution >= 4 is 17.6 Å². The van der Waals surface area contributed by atoms with Crippen LogP contribution in [0, 0.1) is 0 Å². The van der Waals surface area contributed by atoms with E-state index in [1.54, 1.807) is 9.80 Å². The van der Waals surface area contributed by atoms with E-state index in [0.29, 0.717) is 19.5 Å². The van der Waals surface area contributed by atoms with E-state index in [9.17, 15) is 9.59 Å². The Morgan fingerprint density at radius 3 is 2.76 bits per heavy atom. The average molecular weight is 287 g/mol. The third kappa shape index (κ3) is 1.99. The number of nitrogens with zero attached hydrogens (tertiary/aromatic N) is 2. The molecule has 1 aromatic rings. The number of anilines is 1. The number of urea groups is 1. The van der Waals surface area contributed by atoms with Gasteiger partial charge in [0.15, 0.2) is 0 Å². The number of rotatable bonds is 1. The number of para-hydroxylation sites is 1. The Morgan fingerprint density at radius 1 is 1.33 bits per heavy atom. The summed E-state index contributed by atoms with van der Waals surface area (Å²) in [4.78, 5) is 28.4. The van der Waals surface area contributed by atoms with Crippen molar-refractivity contribution in [3.63, 3.8) is 0 Å². The fraction of sp³-hybridized carbons (Fsp3) is 0.500. The van der Waals surface area contributed by atoms with Gasteiger partial charge < -0.3 is 15.1 Å². The van der Waals surface area contributed by atoms with Crippen LogP contribution in [0.1, 0.15) is 25.8 Å². The van der Waals surface area contributed by atoms with Crippen LogP contribution in [0.3, 0.4) is 0 Å². The standard InChI is InChI=1S/C16H21N3O2/c1-11(2)17-15(21)19-9-8-16(10-19)12-6-4-5-7-13(12)18(3)14(16)20/h4-7,11H,8-10H2,1-3H3,(H,17,21)/t16-/m0/s1. The van der Waals surface area contributed by atoms with Crippen molar-refractivity contribution in [2.45, 2.75) is 31.7 Å². The molecule has 21 heavy (non-hydrogen) atoms. The highest BCUT2D eigenvalue weighted by atomic mass is 16.2. The normalized spacial score (nSPS) is 24.1. The molecule has 1 spiro atoms. The maximum absolute atomic E-state index is 12.7. The highest BCUT2D eigenvalue weighted by Gasteiger charge is 2.54. The van der Waals surface area contributed by atoms with Gasteiger partial charge >= 0.3 is 6.03 Å². The number of hydrogen-bond acceptors (Lipinski definition) is 2. The van der Waals surface area contributed by atoms with Gasteiger partial charge in [0.1, 0.15) is 0 Å². The topological polar surface area (TPSA) is 52.7 Å². The molecule has 0 bridgehead atoms. The summed E-state index contributed by atoms with van der Waals surface area (Å²) in [7, 11) is 1.81. The molecule has 1 aromatic carbocycles. The summed E-state index contributed by atoms with van der Waals surface area (Å²) in [5.74, 6) is 0.101. The quantitative estimate of drug-likeness (QED) is 0.855. The molecule has 0 radical (unpaired) electrons. The molecule has 0 unspecified atom stereocenters. The molecule has 5 heteroatoms. The molecule has 112 valence electrons. The Hall–Kier alpha value is -2.04. The molecule has 2 aliphatic rings. The molecule has 2 aliphatic heterocycles. The third-order valence-electron chi connectivity index (χ3n) is 4.46. The van der Waals surface area contributed by atoms with Crippen molar-refractivity contribution in [1.29, 1.82) is 0 Å². The van der Waals surface area contributed by atoms with Gasteiger partial charge in [-0.2, -0.15) is 0 Å². The molecule has 5 nitrogen and oxygen atoms in total. The second-order valence-electron chi connectivity index (χ2n) is 6.24. The largest absolute Gasteiger partial charge is 0.336 e. The molecule has 1 atom stereocenters. The first kappa shape index (κ1) is 13.9. The predicted octanol–water partition coefficient (Wildman–Crippen LogP) is 1.72. The van der Waals surface area contributed by atoms with Crippen LogP contribution in [0.15, 0.2) is 24.3 Å². The molecule has 3 amide bonds. The predicted molar refractivity (Wildman–Crippen MR) is 81.4 cm³/mol. The molecule has 0 saturated carbocycles. The number of likely N-dealkylation sites (N-methyl/N-ethyl adjacent to an activating group) is 1. The summed E-state index contributed by atoms with van der Waals surface area (Å²) in [5, 5.41) is 2.90. The van der Waals surface area contributed by atoms with E-state index < -0.39 is 5.41 Å². The highest BCUT2D eigenvalue weighted by molar-refractivity contribution is 6.08. The summed E-state index contributed by atoms with van der Waals surface area (Å²) in [6.45, 7) is 4.96. The van der Waals surface area contributed by atoms with Crippen molar-refractivity contribution in [3.8, 4) is 0 Å². The molecule has 0 aliphatic carbocycles. The number of carbonyl (C=O) groups excluding carboxylic acids is 2. The molecular formula is C16H21N3O2. The first-order valence-electron chi connectivity index (χ1n) is 7.39. The number of hydrogen-bond donors (Lipinski definition) is 1. The van der Waals surface area contributed by atoms with Gasteiger partial charge in [-0.05, 0) is 31.9 Å². The lowest BCUT2D eigenvalue weighted by Gasteiger charge is -2.24. The molecule has 1 N–H and O–H groups in total. The summed E-state index contributed by atoms with van der Waals surface area (Å²) in [6.07, 6.45) is 0.693. The minimum atomic E-state index is -0.556. The van der Waals surface area contributed by atoms with Gasteiger partial charge in [0.25, 0.3) is 0 Å². The smallest absolute Gasteiger partial charge is 0.317 e. The molecule has 1 fully saturated rings. The fourth-order valence-electron chi connectivity index (χ4n) is 3.43. The Balaban J connectivity index is 1.90. The van der Waals surface area contributed by atoms with Crippen LogP contribution in [0.2, 0.25) is 0 Å². The van der Waals surface area contributed by atoms with Gasteiger partial charge in [-0.1, -0.05) is 18.2 Å². The SMILES string of the molecule is CC(C)NC(=O)N1CC[C@@]2(C1)C(=O)N(C)c1ccccc12. The Kier molecular flexibility index (Phi) is 3.15. The lowest BCUT2D eigenvalue weighted by atomic mass is 9.81. The molecular weight excluding hydrogens is 266 g/mol. The highest BCUT2D eigenvalue weighted by Crippen LogP contribution is 2.46. The van der Waals surface area contributed by atoms with Crippen LogP contribution < -0.4 is 10.2 Å². The second kappa shape index (κ2) is 4.76. The van der Waals surface area contributed by atoms with Crippen molar-refractivity contribution in [3.05, 3.63) is 29.8 Å². The summed E-state index contributed by atoms with van der Waals surface area (Å²) >= 11 is 0. The van der Waals surface area contributed by atoms with Crippen molar-refractivity contribution in [2.24, 2.45) is 0 Å². The Morgan fingerprint density at radius 2 is 2.05 bits per heavy atom. The van der Waals surface area contributed by atoms with Crippen LogP contribution in [0.25, 0.3) is 0 Å². The van der Waals surface area contributed by atoms with Gasteiger partial charge in [-0.25, -0.2) is 4.79 Å². The number of benzene rings is 1. The van der Waals surface area contributed by atoms with E-state index in [2.05, 4.69) is 5.32 Å². The van der Waals surface area contributed by atoms with Crippen molar-refractivity contribution in [2.75, 3.05) is 25.0 Å². The zero-order chi connectivity index (χ0) is 15.2. The van der Waals surface area contributed by atoms with E-state index in [1.165, 1.54) is 0 Å². The number of carbonyl (C=O) groups is 2. The summed E-state index contributed by atoms with van der Waals surface area (Å²) < 4.78 is 0. The van der Waals surface area contributed by atoms with Crippen LogP contribution in [-0.4, -0.2) is 43.0 Å². The van der Waals surface area contributed by atoms with E-state index in [1.807, 2.05) is 45.2 Å². The van der Waals surface area contributed by atoms with Crippen molar-refractivity contribution < 1.29 is 9.59 Å². The number of nitrogens with one attached hydrogen (secondary N) is 1. The van der Waals surface area contributed by atoms with Crippen molar-refractivity contribution in [1.82, 2.24) is 10.2 Å². The maximum Gasteiger partial charge on any atom is 0.317 e. The van der Waals surface area contributed by atoms with Gasteiger partial charge in [0.2, 0.25) is 5.91 Å². The molecule has 3 rings (SSSR count). The third-order valence-corrected chi connectivity index (χ3v) is 4.46. The van der Waals surface area contributed by atoms with Crippen LogP contribution >= 0.6 is 0 Å². The van der Waals surface area contributed by atoms with Gasteiger partial charge in [-0.3, -0.25) is 4.79 Å². The molecule has 1 saturated heterocycles. The Labute approximate surface area is 124 Å². The number of likely N-dealkylation sites (tertiary alicyclic amines) is 1. The number of fused-ring (bicyclic) bond motifs is 2. The van der Waals surface area contributed by atoms with E-state index >= 15 is 0 Å². The summed E-state index contributed by atoms with van der Waals surface area (Å²) in [5.41, 5.74) is 1.46. The first-order valence-corrected chi connectivity index (χ1v) is 7.39. The monoisotopic (exact) mass is 287 g/mol. The molecule has 0 aromatic heterocycles. The van der Waals surface area contributed by atoms with Gasteiger partial charge in [0.05, 0.1) is 5.41 Å². The first-order chi connectivity index (χ1) is 9.95. The second-order valence-corrected chi connectivity index (χ2v) is 6.24. The zero-order valence-electron chi connectivity index (χ0n) is 12.7. The van der Waals surface area contributed by atoms with E-state index in [-0.39, 0.29) is 18.0 Å².